The highest BCUT2D eigenvalue weighted by Crippen LogP contribution is 2.32. The third-order valence-corrected chi connectivity index (χ3v) is 2.94. The van der Waals surface area contributed by atoms with E-state index in [1.807, 2.05) is 0 Å². The number of aromatic hydroxyl groups is 1. The van der Waals surface area contributed by atoms with E-state index in [1.54, 1.807) is 18.2 Å². The van der Waals surface area contributed by atoms with Crippen LogP contribution in [-0.4, -0.2) is 5.11 Å². The summed E-state index contributed by atoms with van der Waals surface area (Å²) in [5, 5.41) is 9.11. The Kier molecular flexibility index (Phi) is 3.72. The first kappa shape index (κ1) is 9.39. The van der Waals surface area contributed by atoms with Crippen LogP contribution in [0.5, 0.6) is 5.75 Å². The summed E-state index contributed by atoms with van der Waals surface area (Å²) in [6.45, 7) is 0. The Morgan fingerprint density at radius 2 is 1.45 bits per heavy atom. The van der Waals surface area contributed by atoms with E-state index >= 15 is 0 Å². The van der Waals surface area contributed by atoms with Crippen LogP contribution in [0.3, 0.4) is 0 Å². The Hall–Kier alpha value is 0.300. The van der Waals surface area contributed by atoms with Gasteiger partial charge in [0.05, 0.1) is 0 Å². The van der Waals surface area contributed by atoms with Crippen molar-refractivity contribution in [2.24, 2.45) is 0 Å². The van der Waals surface area contributed by atoms with Gasteiger partial charge in [0.25, 0.3) is 0 Å². The molecule has 0 heterocycles. The van der Waals surface area contributed by atoms with Crippen molar-refractivity contribution in [2.75, 3.05) is 0 Å². The van der Waals surface area contributed by atoms with Crippen LogP contribution in [0.15, 0.2) is 28.0 Å². The van der Waals surface area contributed by atoms with Gasteiger partial charge in [-0.15, -0.1) is 0 Å². The highest BCUT2D eigenvalue weighted by Gasteiger charge is 1.99. The van der Waals surface area contributed by atoms with Gasteiger partial charge in [0.2, 0.25) is 0 Å². The molecule has 0 aliphatic rings. The Morgan fingerprint density at radius 3 is 1.82 bits per heavy atom. The predicted octanol–water partition coefficient (Wildman–Crippen LogP) is 3.88. The standard InChI is InChI=1S/C6H4Cl2OS2/c7-10-5-1-4(9)2-6(3-5)11-8/h1-3,9H. The normalized spacial score (nSPS) is 10.0. The second-order valence-electron chi connectivity index (χ2n) is 1.82. The number of hydrogen-bond donors (Lipinski definition) is 1. The van der Waals surface area contributed by atoms with E-state index in [-0.39, 0.29) is 5.75 Å². The topological polar surface area (TPSA) is 20.2 Å². The Bertz CT molecular complexity index is 232. The van der Waals surface area contributed by atoms with Crippen molar-refractivity contribution in [1.82, 2.24) is 0 Å². The van der Waals surface area contributed by atoms with E-state index < -0.39 is 0 Å². The van der Waals surface area contributed by atoms with Crippen LogP contribution in [-0.2, 0) is 0 Å². The summed E-state index contributed by atoms with van der Waals surface area (Å²) in [7, 11) is 13.1. The number of rotatable bonds is 2. The lowest BCUT2D eigenvalue weighted by Gasteiger charge is -1.98. The molecule has 0 saturated carbocycles. The summed E-state index contributed by atoms with van der Waals surface area (Å²) < 4.78 is 0. The molecule has 0 amide bonds. The van der Waals surface area contributed by atoms with E-state index in [0.717, 1.165) is 31.7 Å². The predicted molar refractivity (Wildman–Crippen MR) is 51.5 cm³/mol. The van der Waals surface area contributed by atoms with Crippen LogP contribution in [0.4, 0.5) is 0 Å². The zero-order valence-corrected chi connectivity index (χ0v) is 8.40. The van der Waals surface area contributed by atoms with Crippen LogP contribution in [0.25, 0.3) is 0 Å². The number of hydrogen-bond acceptors (Lipinski definition) is 3. The summed E-state index contributed by atoms with van der Waals surface area (Å²) in [5.74, 6) is 0.179. The molecule has 0 radical (unpaired) electrons. The molecule has 0 saturated heterocycles. The van der Waals surface area contributed by atoms with Crippen LogP contribution in [0.1, 0.15) is 0 Å². The van der Waals surface area contributed by atoms with Gasteiger partial charge >= 0.3 is 0 Å². The molecule has 5 heteroatoms. The number of halogens is 2. The lowest BCUT2D eigenvalue weighted by molar-refractivity contribution is 0.472. The molecular formula is C6H4Cl2OS2. The summed E-state index contributed by atoms with van der Waals surface area (Å²) in [6.07, 6.45) is 0. The van der Waals surface area contributed by atoms with E-state index in [2.05, 4.69) is 0 Å². The third kappa shape index (κ3) is 2.67. The molecule has 1 N–H and O–H groups in total. The molecule has 0 atom stereocenters. The van der Waals surface area contributed by atoms with E-state index in [0.29, 0.717) is 0 Å². The molecule has 0 fully saturated rings. The van der Waals surface area contributed by atoms with Gasteiger partial charge in [-0.3, -0.25) is 0 Å². The lowest BCUT2D eigenvalue weighted by Crippen LogP contribution is -1.71. The highest BCUT2D eigenvalue weighted by molar-refractivity contribution is 8.21. The minimum absolute atomic E-state index is 0.179. The molecule has 1 rings (SSSR count). The van der Waals surface area contributed by atoms with Gasteiger partial charge in [-0.25, -0.2) is 0 Å². The maximum Gasteiger partial charge on any atom is 0.117 e. The molecule has 1 nitrogen and oxygen atoms in total. The fourth-order valence-electron chi connectivity index (χ4n) is 0.646. The van der Waals surface area contributed by atoms with Crippen molar-refractivity contribution in [3.05, 3.63) is 18.2 Å². The van der Waals surface area contributed by atoms with Gasteiger partial charge < -0.3 is 5.11 Å². The Morgan fingerprint density at radius 1 is 1.00 bits per heavy atom. The number of benzene rings is 1. The van der Waals surface area contributed by atoms with Crippen molar-refractivity contribution in [3.63, 3.8) is 0 Å². The van der Waals surface area contributed by atoms with Crippen LogP contribution in [0.2, 0.25) is 0 Å². The molecule has 0 aromatic heterocycles. The quantitative estimate of drug-likeness (QED) is 0.827. The zero-order valence-electron chi connectivity index (χ0n) is 5.25. The van der Waals surface area contributed by atoms with Gasteiger partial charge in [-0.1, -0.05) is 0 Å². The summed E-state index contributed by atoms with van der Waals surface area (Å²) in [4.78, 5) is 1.57. The Labute approximate surface area is 82.1 Å². The summed E-state index contributed by atoms with van der Waals surface area (Å²) >= 11 is 0. The zero-order chi connectivity index (χ0) is 8.27. The van der Waals surface area contributed by atoms with Crippen LogP contribution < -0.4 is 0 Å². The van der Waals surface area contributed by atoms with Gasteiger partial charge in [0.15, 0.2) is 0 Å². The molecule has 11 heavy (non-hydrogen) atoms. The van der Waals surface area contributed by atoms with Crippen molar-refractivity contribution in [2.45, 2.75) is 9.79 Å². The molecule has 1 aromatic rings. The molecular weight excluding hydrogens is 223 g/mol. The van der Waals surface area contributed by atoms with Crippen molar-refractivity contribution >= 4 is 43.3 Å². The van der Waals surface area contributed by atoms with Crippen molar-refractivity contribution in [1.29, 1.82) is 0 Å². The van der Waals surface area contributed by atoms with Crippen molar-refractivity contribution < 1.29 is 5.11 Å². The molecule has 0 bridgehead atoms. The number of phenols is 1. The van der Waals surface area contributed by atoms with E-state index in [4.69, 9.17) is 26.5 Å². The second kappa shape index (κ2) is 4.36. The summed E-state index contributed by atoms with van der Waals surface area (Å²) in [6, 6.07) is 4.96. The molecule has 0 spiro atoms. The van der Waals surface area contributed by atoms with Crippen molar-refractivity contribution in [3.8, 4) is 5.75 Å². The SMILES string of the molecule is Oc1cc(SCl)cc(SCl)c1. The average molecular weight is 227 g/mol. The molecule has 0 aliphatic carbocycles. The minimum atomic E-state index is 0.179. The fourth-order valence-corrected chi connectivity index (χ4v) is 1.93. The van der Waals surface area contributed by atoms with Crippen LogP contribution >= 0.6 is 43.3 Å². The van der Waals surface area contributed by atoms with E-state index in [9.17, 15) is 0 Å². The Balaban J connectivity index is 3.02. The van der Waals surface area contributed by atoms with E-state index in [1.165, 1.54) is 0 Å². The maximum absolute atomic E-state index is 9.11. The van der Waals surface area contributed by atoms with Gasteiger partial charge in [0, 0.05) is 9.79 Å². The molecule has 1 aromatic carbocycles. The van der Waals surface area contributed by atoms with Gasteiger partial charge in [-0.2, -0.15) is 0 Å². The lowest BCUT2D eigenvalue weighted by atomic mass is 10.3. The smallest absolute Gasteiger partial charge is 0.117 e. The maximum atomic E-state index is 9.11. The first-order valence-electron chi connectivity index (χ1n) is 2.67. The molecule has 60 valence electrons. The second-order valence-corrected chi connectivity index (χ2v) is 3.99. The fraction of sp³-hybridized carbons (Fsp3) is 0. The largest absolute Gasteiger partial charge is 0.508 e. The first-order valence-corrected chi connectivity index (χ1v) is 5.96. The minimum Gasteiger partial charge on any atom is -0.508 e. The van der Waals surface area contributed by atoms with Gasteiger partial charge in [0.1, 0.15) is 5.75 Å². The van der Waals surface area contributed by atoms with Crippen LogP contribution in [0, 0.1) is 0 Å². The molecule has 0 aliphatic heterocycles. The first-order chi connectivity index (χ1) is 5.26. The average Bonchev–Trinajstić information content (AvgIpc) is 2.03. The summed E-state index contributed by atoms with van der Waals surface area (Å²) in [5.41, 5.74) is 0. The highest BCUT2D eigenvalue weighted by atomic mass is 35.7. The molecule has 0 unspecified atom stereocenters. The monoisotopic (exact) mass is 226 g/mol. The third-order valence-electron chi connectivity index (χ3n) is 1.04. The van der Waals surface area contributed by atoms with Gasteiger partial charge in [-0.05, 0) is 61.5 Å². The number of phenolic OH excluding ortho intramolecular Hbond substituents is 1.